The number of halogens is 1. The summed E-state index contributed by atoms with van der Waals surface area (Å²) >= 11 is 0. The largest absolute Gasteiger partial charge is 1.00 e. The summed E-state index contributed by atoms with van der Waals surface area (Å²) in [6.07, 6.45) is 11.1. The lowest BCUT2D eigenvalue weighted by atomic mass is 9.77. The highest BCUT2D eigenvalue weighted by atomic mass is 127. The van der Waals surface area contributed by atoms with Crippen molar-refractivity contribution in [3.63, 3.8) is 0 Å². The molecule has 128 valence electrons. The van der Waals surface area contributed by atoms with Gasteiger partial charge in [-0.3, -0.25) is 4.90 Å². The molecule has 1 fully saturated rings. The third-order valence-corrected chi connectivity index (χ3v) is 5.40. The Morgan fingerprint density at radius 3 is 1.90 bits per heavy atom. The Morgan fingerprint density at radius 2 is 1.38 bits per heavy atom. The second kappa shape index (κ2) is 9.71. The normalized spacial score (nSPS) is 22.0. The minimum absolute atomic E-state index is 0. The van der Waals surface area contributed by atoms with Crippen LogP contribution >= 0.6 is 0 Å². The number of nitrogens with zero attached hydrogens (tertiary/aromatic N) is 1. The van der Waals surface area contributed by atoms with Gasteiger partial charge in [-0.15, -0.1) is 0 Å². The Morgan fingerprint density at radius 1 is 0.905 bits per heavy atom. The van der Waals surface area contributed by atoms with Crippen LogP contribution in [0.2, 0.25) is 0 Å². The van der Waals surface area contributed by atoms with Crippen molar-refractivity contribution in [1.29, 1.82) is 0 Å². The molecule has 0 atom stereocenters. The van der Waals surface area contributed by atoms with Gasteiger partial charge in [-0.2, -0.15) is 0 Å². The van der Waals surface area contributed by atoms with E-state index in [9.17, 15) is 0 Å². The second-order valence-electron chi connectivity index (χ2n) is 8.14. The molecule has 0 radical (unpaired) electrons. The van der Waals surface area contributed by atoms with Gasteiger partial charge in [0.05, 0.1) is 12.6 Å². The highest BCUT2D eigenvalue weighted by molar-refractivity contribution is 4.98. The number of piperidine rings is 1. The van der Waals surface area contributed by atoms with Crippen LogP contribution in [-0.2, 0) is 0 Å². The molecule has 2 nitrogen and oxygen atoms in total. The zero-order valence-corrected chi connectivity index (χ0v) is 17.5. The standard InChI is InChI=1S/C18H38N2.HI/c1-7-8-9-10-11-12-13-19-16-14-17(2,3)20(6)18(4,5)15-16;/h16,19H,7-15H2,1-6H3;1H. The first kappa shape index (κ1) is 21.6. The van der Waals surface area contributed by atoms with Gasteiger partial charge >= 0.3 is 0 Å². The van der Waals surface area contributed by atoms with E-state index in [0.717, 1.165) is 6.04 Å². The van der Waals surface area contributed by atoms with Gasteiger partial charge in [0, 0.05) is 23.9 Å². The summed E-state index contributed by atoms with van der Waals surface area (Å²) in [4.78, 5) is 2.58. The average molecular weight is 410 g/mol. The van der Waals surface area contributed by atoms with E-state index < -0.39 is 0 Å². The van der Waals surface area contributed by atoms with Crippen LogP contribution in [0.25, 0.3) is 0 Å². The van der Waals surface area contributed by atoms with Gasteiger partial charge in [-0.05, 0) is 47.6 Å². The number of hydrogen-bond acceptors (Lipinski definition) is 1. The fraction of sp³-hybridized carbons (Fsp3) is 1.00. The van der Waals surface area contributed by atoms with Gasteiger partial charge in [-0.25, -0.2) is 0 Å². The van der Waals surface area contributed by atoms with Crippen molar-refractivity contribution in [1.82, 2.24) is 4.90 Å². The number of nitrogens with two attached hydrogens (primary N) is 1. The van der Waals surface area contributed by atoms with Crippen molar-refractivity contribution in [3.8, 4) is 0 Å². The molecule has 0 bridgehead atoms. The van der Waals surface area contributed by atoms with Crippen molar-refractivity contribution in [3.05, 3.63) is 0 Å². The molecular formula is C18H39IN2. The van der Waals surface area contributed by atoms with E-state index in [1.165, 1.54) is 57.9 Å². The summed E-state index contributed by atoms with van der Waals surface area (Å²) in [5, 5.41) is 2.64. The van der Waals surface area contributed by atoms with E-state index in [-0.39, 0.29) is 24.0 Å². The van der Waals surface area contributed by atoms with E-state index in [0.29, 0.717) is 11.1 Å². The van der Waals surface area contributed by atoms with Crippen LogP contribution in [0.3, 0.4) is 0 Å². The molecule has 0 saturated carbocycles. The van der Waals surface area contributed by atoms with Crippen molar-refractivity contribution in [2.75, 3.05) is 13.6 Å². The average Bonchev–Trinajstić information content (AvgIpc) is 2.34. The smallest absolute Gasteiger partial charge is 0.0894 e. The van der Waals surface area contributed by atoms with Gasteiger partial charge in [-0.1, -0.05) is 32.6 Å². The number of unbranched alkanes of at least 4 members (excludes halogenated alkanes) is 5. The van der Waals surface area contributed by atoms with E-state index in [1.807, 2.05) is 0 Å². The van der Waals surface area contributed by atoms with Crippen LogP contribution in [0.1, 0.15) is 86.0 Å². The maximum absolute atomic E-state index is 2.64. The summed E-state index contributed by atoms with van der Waals surface area (Å²) in [5.41, 5.74) is 0.675. The Kier molecular flexibility index (Phi) is 10.0. The SMILES string of the molecule is CCCCCCCC[NH2+]C1CC(C)(C)N(C)C(C)(C)C1.[I-]. The van der Waals surface area contributed by atoms with Crippen LogP contribution in [0.5, 0.6) is 0 Å². The summed E-state index contributed by atoms with van der Waals surface area (Å²) in [7, 11) is 2.30. The van der Waals surface area contributed by atoms with Crippen molar-refractivity contribution >= 4 is 0 Å². The molecule has 0 aliphatic carbocycles. The maximum Gasteiger partial charge on any atom is 0.0894 e. The molecule has 2 N–H and O–H groups in total. The van der Waals surface area contributed by atoms with Crippen LogP contribution in [-0.4, -0.2) is 35.6 Å². The van der Waals surface area contributed by atoms with Gasteiger partial charge < -0.3 is 29.3 Å². The van der Waals surface area contributed by atoms with Crippen molar-refractivity contribution < 1.29 is 29.3 Å². The highest BCUT2D eigenvalue weighted by Gasteiger charge is 2.44. The predicted octanol–water partition coefficient (Wildman–Crippen LogP) is 0.566. The quantitative estimate of drug-likeness (QED) is 0.458. The number of likely N-dealkylation sites (tertiary alicyclic amines) is 1. The van der Waals surface area contributed by atoms with Crippen LogP contribution < -0.4 is 29.3 Å². The van der Waals surface area contributed by atoms with Crippen LogP contribution in [0.15, 0.2) is 0 Å². The molecule has 0 unspecified atom stereocenters. The molecule has 0 spiro atoms. The van der Waals surface area contributed by atoms with E-state index in [4.69, 9.17) is 0 Å². The molecule has 1 aliphatic rings. The van der Waals surface area contributed by atoms with Gasteiger partial charge in [0.2, 0.25) is 0 Å². The molecule has 21 heavy (non-hydrogen) atoms. The third kappa shape index (κ3) is 7.17. The Labute approximate surface area is 150 Å². The molecular weight excluding hydrogens is 371 g/mol. The summed E-state index contributed by atoms with van der Waals surface area (Å²) in [5.74, 6) is 0. The lowest BCUT2D eigenvalue weighted by molar-refractivity contribution is -0.695. The lowest BCUT2D eigenvalue weighted by Gasteiger charge is -2.52. The van der Waals surface area contributed by atoms with Crippen LogP contribution in [0, 0.1) is 0 Å². The molecule has 0 aromatic rings. The Bertz CT molecular complexity index is 258. The van der Waals surface area contributed by atoms with Gasteiger partial charge in [0.1, 0.15) is 0 Å². The highest BCUT2D eigenvalue weighted by Crippen LogP contribution is 2.35. The molecule has 0 aromatic carbocycles. The lowest BCUT2D eigenvalue weighted by Crippen LogP contribution is -3.00. The minimum atomic E-state index is 0. The first-order valence-electron chi connectivity index (χ1n) is 8.87. The summed E-state index contributed by atoms with van der Waals surface area (Å²) in [6, 6.07) is 0.812. The van der Waals surface area contributed by atoms with Crippen LogP contribution in [0.4, 0.5) is 0 Å². The maximum atomic E-state index is 2.64. The molecule has 0 amide bonds. The Hall–Kier alpha value is 0.650. The summed E-state index contributed by atoms with van der Waals surface area (Å²) in [6.45, 7) is 13.2. The fourth-order valence-electron chi connectivity index (χ4n) is 3.89. The van der Waals surface area contributed by atoms with E-state index >= 15 is 0 Å². The zero-order chi connectivity index (χ0) is 15.2. The van der Waals surface area contributed by atoms with Gasteiger partial charge in [0.25, 0.3) is 0 Å². The van der Waals surface area contributed by atoms with Crippen molar-refractivity contribution in [2.24, 2.45) is 0 Å². The molecule has 3 heteroatoms. The Balaban J connectivity index is 0.00000400. The zero-order valence-electron chi connectivity index (χ0n) is 15.3. The molecule has 1 saturated heterocycles. The molecule has 1 aliphatic heterocycles. The molecule has 1 heterocycles. The molecule has 0 aromatic heterocycles. The van der Waals surface area contributed by atoms with Gasteiger partial charge in [0.15, 0.2) is 0 Å². The number of quaternary nitrogens is 1. The monoisotopic (exact) mass is 410 g/mol. The second-order valence-corrected chi connectivity index (χ2v) is 8.14. The molecule has 1 rings (SSSR count). The number of rotatable bonds is 8. The first-order valence-corrected chi connectivity index (χ1v) is 8.87. The fourth-order valence-corrected chi connectivity index (χ4v) is 3.89. The predicted molar refractivity (Wildman–Crippen MR) is 89.1 cm³/mol. The van der Waals surface area contributed by atoms with Crippen molar-refractivity contribution in [2.45, 2.75) is 103 Å². The minimum Gasteiger partial charge on any atom is -1.00 e. The number of hydrogen-bond donors (Lipinski definition) is 1. The van der Waals surface area contributed by atoms with E-state index in [2.05, 4.69) is 51.9 Å². The topological polar surface area (TPSA) is 19.9 Å². The first-order chi connectivity index (χ1) is 9.29. The van der Waals surface area contributed by atoms with E-state index in [1.54, 1.807) is 0 Å². The summed E-state index contributed by atoms with van der Waals surface area (Å²) < 4.78 is 0. The third-order valence-electron chi connectivity index (χ3n) is 5.40.